The van der Waals surface area contributed by atoms with Crippen LogP contribution in [0.3, 0.4) is 0 Å². The summed E-state index contributed by atoms with van der Waals surface area (Å²) in [6.07, 6.45) is 0.816. The Hall–Kier alpha value is -2.92. The van der Waals surface area contributed by atoms with E-state index in [2.05, 4.69) is 37.8 Å². The Morgan fingerprint density at radius 2 is 1.68 bits per heavy atom. The second-order valence-corrected chi connectivity index (χ2v) is 9.60. The minimum Gasteiger partial charge on any atom is -0.450 e. The lowest BCUT2D eigenvalue weighted by Gasteiger charge is -2.26. The summed E-state index contributed by atoms with van der Waals surface area (Å²) in [6.45, 7) is 7.93. The molecule has 0 saturated carbocycles. The maximum atomic E-state index is 13.5. The quantitative estimate of drug-likeness (QED) is 0.608. The maximum absolute atomic E-state index is 13.5. The summed E-state index contributed by atoms with van der Waals surface area (Å²) in [5.41, 5.74) is 2.97. The Bertz CT molecular complexity index is 1170. The number of para-hydroxylation sites is 1. The van der Waals surface area contributed by atoms with E-state index in [1.54, 1.807) is 17.0 Å². The lowest BCUT2D eigenvalue weighted by molar-refractivity contribution is 0.0722. The van der Waals surface area contributed by atoms with E-state index in [4.69, 9.17) is 4.42 Å². The van der Waals surface area contributed by atoms with E-state index >= 15 is 0 Å². The van der Waals surface area contributed by atoms with Crippen LogP contribution < -0.4 is 5.43 Å². The SMILES string of the molecule is CN(C)CCCN1C(=O)c2oc3ccccc3c(=O)c2[C@H]1c1ccc(C(C)(C)C)cc1. The van der Waals surface area contributed by atoms with Gasteiger partial charge in [-0.15, -0.1) is 0 Å². The Morgan fingerprint density at radius 3 is 2.32 bits per heavy atom. The second kappa shape index (κ2) is 7.97. The molecule has 162 valence electrons. The van der Waals surface area contributed by atoms with Crippen LogP contribution in [-0.2, 0) is 5.41 Å². The van der Waals surface area contributed by atoms with Crippen LogP contribution in [0.15, 0.2) is 57.7 Å². The van der Waals surface area contributed by atoms with Gasteiger partial charge in [-0.1, -0.05) is 57.2 Å². The van der Waals surface area contributed by atoms with Crippen molar-refractivity contribution in [2.45, 2.75) is 38.6 Å². The minimum absolute atomic E-state index is 0.0303. The number of carbonyl (C=O) groups is 1. The number of hydrogen-bond donors (Lipinski definition) is 0. The van der Waals surface area contributed by atoms with Gasteiger partial charge >= 0.3 is 0 Å². The molecular weight excluding hydrogens is 388 g/mol. The molecule has 5 nitrogen and oxygen atoms in total. The third-order valence-corrected chi connectivity index (χ3v) is 5.97. The van der Waals surface area contributed by atoms with Crippen LogP contribution in [0.1, 0.15) is 60.5 Å². The number of amides is 1. The molecule has 4 rings (SSSR count). The molecule has 31 heavy (non-hydrogen) atoms. The Labute approximate surface area is 183 Å². The molecule has 2 heterocycles. The maximum Gasteiger partial charge on any atom is 0.290 e. The third kappa shape index (κ3) is 3.90. The van der Waals surface area contributed by atoms with E-state index in [1.165, 1.54) is 5.56 Å². The second-order valence-electron chi connectivity index (χ2n) is 9.60. The topological polar surface area (TPSA) is 53.8 Å². The highest BCUT2D eigenvalue weighted by atomic mass is 16.3. The van der Waals surface area contributed by atoms with Gasteiger partial charge in [-0.2, -0.15) is 0 Å². The van der Waals surface area contributed by atoms with Gasteiger partial charge in [0.2, 0.25) is 5.76 Å². The first kappa shape index (κ1) is 21.3. The highest BCUT2D eigenvalue weighted by Crippen LogP contribution is 2.38. The van der Waals surface area contributed by atoms with Crippen molar-refractivity contribution in [3.05, 3.63) is 81.2 Å². The van der Waals surface area contributed by atoms with Crippen LogP contribution in [0.4, 0.5) is 0 Å². The van der Waals surface area contributed by atoms with Crippen LogP contribution in [0.25, 0.3) is 11.0 Å². The summed E-state index contributed by atoms with van der Waals surface area (Å²) in [5.74, 6) is -0.0278. The van der Waals surface area contributed by atoms with Crippen molar-refractivity contribution in [1.29, 1.82) is 0 Å². The minimum atomic E-state index is -0.431. The zero-order chi connectivity index (χ0) is 22.3. The van der Waals surface area contributed by atoms with Gasteiger partial charge in [0.1, 0.15) is 5.58 Å². The molecule has 0 unspecified atom stereocenters. The zero-order valence-corrected chi connectivity index (χ0v) is 18.9. The number of carbonyl (C=O) groups excluding carboxylic acids is 1. The zero-order valence-electron chi connectivity index (χ0n) is 18.9. The van der Waals surface area contributed by atoms with Crippen LogP contribution in [-0.4, -0.2) is 42.9 Å². The van der Waals surface area contributed by atoms with E-state index in [0.717, 1.165) is 18.5 Å². The Morgan fingerprint density at radius 1 is 1.00 bits per heavy atom. The van der Waals surface area contributed by atoms with Crippen molar-refractivity contribution in [2.24, 2.45) is 0 Å². The lowest BCUT2D eigenvalue weighted by atomic mass is 9.86. The van der Waals surface area contributed by atoms with Gasteiger partial charge in [0, 0.05) is 6.54 Å². The number of hydrogen-bond acceptors (Lipinski definition) is 4. The van der Waals surface area contributed by atoms with E-state index in [-0.39, 0.29) is 22.5 Å². The molecule has 0 fully saturated rings. The predicted octanol–water partition coefficient (Wildman–Crippen LogP) is 4.59. The number of fused-ring (bicyclic) bond motifs is 2. The molecule has 5 heteroatoms. The van der Waals surface area contributed by atoms with Crippen LogP contribution in [0.5, 0.6) is 0 Å². The summed E-state index contributed by atoms with van der Waals surface area (Å²) < 4.78 is 5.98. The molecule has 1 aromatic heterocycles. The number of nitrogens with zero attached hydrogens (tertiary/aromatic N) is 2. The summed E-state index contributed by atoms with van der Waals surface area (Å²) in [4.78, 5) is 30.7. The van der Waals surface area contributed by atoms with Crippen molar-refractivity contribution in [3.8, 4) is 0 Å². The van der Waals surface area contributed by atoms with E-state index in [9.17, 15) is 9.59 Å². The van der Waals surface area contributed by atoms with Gasteiger partial charge in [-0.05, 0) is 55.7 Å². The fraction of sp³-hybridized carbons (Fsp3) is 0.385. The number of rotatable bonds is 5. The van der Waals surface area contributed by atoms with Crippen molar-refractivity contribution < 1.29 is 9.21 Å². The average molecular weight is 419 g/mol. The lowest BCUT2D eigenvalue weighted by Crippen LogP contribution is -2.32. The largest absolute Gasteiger partial charge is 0.450 e. The van der Waals surface area contributed by atoms with Crippen molar-refractivity contribution in [1.82, 2.24) is 9.80 Å². The first-order valence-corrected chi connectivity index (χ1v) is 10.8. The standard InChI is InChI=1S/C26H30N2O3/c1-26(2,3)18-13-11-17(12-14-18)22-21-23(29)19-9-6-7-10-20(19)31-24(21)25(30)28(22)16-8-15-27(4)5/h6-7,9-14,22H,8,15-16H2,1-5H3/t22-/m1/s1. The molecule has 0 bridgehead atoms. The summed E-state index contributed by atoms with van der Waals surface area (Å²) in [5, 5.41) is 0.514. The average Bonchev–Trinajstić information content (AvgIpc) is 3.00. The highest BCUT2D eigenvalue weighted by molar-refractivity contribution is 5.99. The van der Waals surface area contributed by atoms with Gasteiger partial charge in [0.15, 0.2) is 5.43 Å². The van der Waals surface area contributed by atoms with Gasteiger partial charge in [0.05, 0.1) is 17.0 Å². The van der Waals surface area contributed by atoms with Crippen LogP contribution in [0, 0.1) is 0 Å². The smallest absolute Gasteiger partial charge is 0.290 e. The molecule has 1 aliphatic rings. The van der Waals surface area contributed by atoms with E-state index in [0.29, 0.717) is 23.1 Å². The molecule has 0 N–H and O–H groups in total. The molecule has 3 aromatic rings. The molecule has 0 radical (unpaired) electrons. The van der Waals surface area contributed by atoms with E-state index in [1.807, 2.05) is 38.4 Å². The van der Waals surface area contributed by atoms with Gasteiger partial charge in [-0.3, -0.25) is 9.59 Å². The highest BCUT2D eigenvalue weighted by Gasteiger charge is 2.42. The van der Waals surface area contributed by atoms with Crippen LogP contribution >= 0.6 is 0 Å². The van der Waals surface area contributed by atoms with Crippen molar-refractivity contribution >= 4 is 16.9 Å². The fourth-order valence-electron chi connectivity index (χ4n) is 4.27. The third-order valence-electron chi connectivity index (χ3n) is 5.97. The van der Waals surface area contributed by atoms with Gasteiger partial charge < -0.3 is 14.2 Å². The fourth-order valence-corrected chi connectivity index (χ4v) is 4.27. The molecule has 1 aliphatic heterocycles. The Balaban J connectivity index is 1.84. The normalized spacial score (nSPS) is 16.4. The molecule has 0 aliphatic carbocycles. The molecule has 0 saturated heterocycles. The Kier molecular flexibility index (Phi) is 5.48. The molecule has 1 atom stereocenters. The van der Waals surface area contributed by atoms with Crippen molar-refractivity contribution in [3.63, 3.8) is 0 Å². The summed E-state index contributed by atoms with van der Waals surface area (Å²) in [6, 6.07) is 15.0. The number of benzene rings is 2. The molecule has 0 spiro atoms. The molecule has 1 amide bonds. The molecule has 2 aromatic carbocycles. The first-order valence-electron chi connectivity index (χ1n) is 10.8. The summed E-state index contributed by atoms with van der Waals surface area (Å²) in [7, 11) is 4.03. The van der Waals surface area contributed by atoms with Crippen LogP contribution in [0.2, 0.25) is 0 Å². The predicted molar refractivity (Wildman–Crippen MR) is 124 cm³/mol. The van der Waals surface area contributed by atoms with Gasteiger partial charge in [0.25, 0.3) is 5.91 Å². The monoisotopic (exact) mass is 418 g/mol. The summed E-state index contributed by atoms with van der Waals surface area (Å²) >= 11 is 0. The first-order chi connectivity index (χ1) is 14.7. The van der Waals surface area contributed by atoms with E-state index < -0.39 is 6.04 Å². The van der Waals surface area contributed by atoms with Gasteiger partial charge in [-0.25, -0.2) is 0 Å². The molecular formula is C26H30N2O3. The van der Waals surface area contributed by atoms with Crippen molar-refractivity contribution in [2.75, 3.05) is 27.2 Å².